The summed E-state index contributed by atoms with van der Waals surface area (Å²) in [7, 11) is 0. The Balaban J connectivity index is 2.01. The van der Waals surface area contributed by atoms with Crippen molar-refractivity contribution in [2.75, 3.05) is 5.73 Å². The van der Waals surface area contributed by atoms with Crippen LogP contribution in [0.1, 0.15) is 5.56 Å². The van der Waals surface area contributed by atoms with Gasteiger partial charge in [0.15, 0.2) is 0 Å². The Morgan fingerprint density at radius 2 is 1.87 bits per heavy atom. The first-order valence-electron chi connectivity index (χ1n) is 4.91. The van der Waals surface area contributed by atoms with E-state index >= 15 is 0 Å². The summed E-state index contributed by atoms with van der Waals surface area (Å²) in [5, 5.41) is 0. The molecular formula is C12H12N2O. The van der Waals surface area contributed by atoms with Gasteiger partial charge in [0.1, 0.15) is 11.7 Å². The van der Waals surface area contributed by atoms with Gasteiger partial charge in [-0.25, -0.2) is 0 Å². The van der Waals surface area contributed by atoms with Crippen molar-refractivity contribution in [3.8, 4) is 0 Å². The van der Waals surface area contributed by atoms with Gasteiger partial charge in [0.25, 0.3) is 0 Å². The number of benzene rings is 1. The Bertz CT molecular complexity index is 461. The van der Waals surface area contributed by atoms with Gasteiger partial charge in [-0.2, -0.15) is 0 Å². The van der Waals surface area contributed by atoms with Gasteiger partial charge in [-0.15, -0.1) is 0 Å². The molecule has 1 aliphatic carbocycles. The Labute approximate surface area is 88.0 Å². The fourth-order valence-electron chi connectivity index (χ4n) is 2.05. The third kappa shape index (κ3) is 1.10. The number of hydrogen-bond acceptors (Lipinski definition) is 3. The van der Waals surface area contributed by atoms with Crippen LogP contribution in [0.4, 0.5) is 5.69 Å². The Morgan fingerprint density at radius 1 is 1.13 bits per heavy atom. The number of allylic oxidation sites excluding steroid dienone is 2. The highest BCUT2D eigenvalue weighted by atomic mass is 16.6. The number of fused-ring (bicyclic) bond motifs is 1. The van der Waals surface area contributed by atoms with Crippen molar-refractivity contribution in [2.24, 2.45) is 5.73 Å². The van der Waals surface area contributed by atoms with Crippen LogP contribution in [0.3, 0.4) is 0 Å². The maximum atomic E-state index is 5.83. The molecule has 0 radical (unpaired) electrons. The lowest BCUT2D eigenvalue weighted by Gasteiger charge is -2.11. The zero-order chi connectivity index (χ0) is 10.5. The van der Waals surface area contributed by atoms with E-state index in [0.717, 1.165) is 16.9 Å². The Kier molecular flexibility index (Phi) is 1.51. The molecule has 1 aromatic rings. The monoisotopic (exact) mass is 200 g/mol. The second-order valence-corrected chi connectivity index (χ2v) is 3.94. The fraction of sp³-hybridized carbons (Fsp3) is 0.167. The molecule has 3 nitrogen and oxygen atoms in total. The molecule has 0 saturated carbocycles. The first-order valence-corrected chi connectivity index (χ1v) is 4.91. The second kappa shape index (κ2) is 2.64. The van der Waals surface area contributed by atoms with E-state index in [9.17, 15) is 0 Å². The van der Waals surface area contributed by atoms with Crippen LogP contribution in [0, 0.1) is 0 Å². The predicted octanol–water partition coefficient (Wildman–Crippen LogP) is 1.28. The van der Waals surface area contributed by atoms with Crippen LogP contribution in [0.5, 0.6) is 0 Å². The van der Waals surface area contributed by atoms with Crippen LogP contribution in [0.2, 0.25) is 0 Å². The number of anilines is 1. The van der Waals surface area contributed by atoms with Gasteiger partial charge in [-0.05, 0) is 29.8 Å². The van der Waals surface area contributed by atoms with E-state index in [2.05, 4.69) is 0 Å². The molecule has 0 spiro atoms. The van der Waals surface area contributed by atoms with Gasteiger partial charge >= 0.3 is 0 Å². The van der Waals surface area contributed by atoms with Crippen LogP contribution in [-0.2, 0) is 10.3 Å². The molecular weight excluding hydrogens is 188 g/mol. The highest BCUT2D eigenvalue weighted by Gasteiger charge is 2.58. The topological polar surface area (TPSA) is 64.6 Å². The summed E-state index contributed by atoms with van der Waals surface area (Å²) >= 11 is 0. The number of hydrogen-bond donors (Lipinski definition) is 2. The van der Waals surface area contributed by atoms with E-state index in [1.807, 2.05) is 42.5 Å². The molecule has 2 aliphatic rings. The summed E-state index contributed by atoms with van der Waals surface area (Å²) in [5.41, 5.74) is 13.8. The third-order valence-electron chi connectivity index (χ3n) is 2.94. The van der Waals surface area contributed by atoms with E-state index in [0.29, 0.717) is 0 Å². The lowest BCUT2D eigenvalue weighted by Crippen LogP contribution is -2.17. The summed E-state index contributed by atoms with van der Waals surface area (Å²) in [6, 6.07) is 7.73. The maximum Gasteiger partial charge on any atom is 0.144 e. The van der Waals surface area contributed by atoms with E-state index in [1.54, 1.807) is 0 Å². The number of ether oxygens (including phenoxy) is 1. The zero-order valence-electron chi connectivity index (χ0n) is 8.18. The highest BCUT2D eigenvalue weighted by molar-refractivity contribution is 5.48. The van der Waals surface area contributed by atoms with Gasteiger partial charge in [0, 0.05) is 11.4 Å². The molecule has 76 valence electrons. The minimum absolute atomic E-state index is 0.00567. The van der Waals surface area contributed by atoms with Gasteiger partial charge in [0.2, 0.25) is 0 Å². The quantitative estimate of drug-likeness (QED) is 0.530. The van der Waals surface area contributed by atoms with Crippen LogP contribution in [0.25, 0.3) is 0 Å². The Hall–Kier alpha value is -1.74. The molecule has 15 heavy (non-hydrogen) atoms. The van der Waals surface area contributed by atoms with E-state index in [1.165, 1.54) is 0 Å². The highest BCUT2D eigenvalue weighted by Crippen LogP contribution is 2.51. The molecule has 1 aliphatic heterocycles. The van der Waals surface area contributed by atoms with E-state index in [-0.39, 0.29) is 11.7 Å². The molecule has 2 unspecified atom stereocenters. The smallest absolute Gasteiger partial charge is 0.144 e. The third-order valence-corrected chi connectivity index (χ3v) is 2.94. The summed E-state index contributed by atoms with van der Waals surface area (Å²) in [6.45, 7) is 0. The van der Waals surface area contributed by atoms with Crippen molar-refractivity contribution >= 4 is 5.69 Å². The number of rotatable bonds is 1. The van der Waals surface area contributed by atoms with E-state index in [4.69, 9.17) is 16.2 Å². The summed E-state index contributed by atoms with van der Waals surface area (Å²) in [4.78, 5) is 0. The molecule has 0 aromatic heterocycles. The molecule has 4 N–H and O–H groups in total. The number of epoxide rings is 1. The van der Waals surface area contributed by atoms with Crippen molar-refractivity contribution < 1.29 is 4.74 Å². The lowest BCUT2D eigenvalue weighted by molar-refractivity contribution is 0.343. The molecule has 1 heterocycles. The summed E-state index contributed by atoms with van der Waals surface area (Å²) in [6.07, 6.45) is 5.87. The maximum absolute atomic E-state index is 5.83. The molecule has 1 fully saturated rings. The van der Waals surface area contributed by atoms with Crippen molar-refractivity contribution in [1.29, 1.82) is 0 Å². The van der Waals surface area contributed by atoms with Gasteiger partial charge in [-0.3, -0.25) is 0 Å². The normalized spacial score (nSPS) is 32.0. The predicted molar refractivity (Wildman–Crippen MR) is 58.8 cm³/mol. The second-order valence-electron chi connectivity index (χ2n) is 3.94. The molecule has 3 heteroatoms. The van der Waals surface area contributed by atoms with Gasteiger partial charge in [-0.1, -0.05) is 18.2 Å². The molecule has 2 atom stereocenters. The van der Waals surface area contributed by atoms with E-state index < -0.39 is 0 Å². The van der Waals surface area contributed by atoms with Crippen LogP contribution in [0.15, 0.2) is 48.2 Å². The Morgan fingerprint density at radius 3 is 2.60 bits per heavy atom. The zero-order valence-corrected chi connectivity index (χ0v) is 8.18. The summed E-state index contributed by atoms with van der Waals surface area (Å²) < 4.78 is 5.68. The molecule has 3 rings (SSSR count). The average Bonchev–Trinajstić information content (AvgIpc) is 2.96. The number of nitrogens with two attached hydrogens (primary N) is 2. The average molecular weight is 200 g/mol. The van der Waals surface area contributed by atoms with Crippen LogP contribution in [-0.4, -0.2) is 6.10 Å². The fourth-order valence-corrected chi connectivity index (χ4v) is 2.05. The first-order chi connectivity index (χ1) is 7.22. The summed E-state index contributed by atoms with van der Waals surface area (Å²) in [5.74, 6) is 0. The minimum atomic E-state index is -0.327. The van der Waals surface area contributed by atoms with Crippen LogP contribution < -0.4 is 11.5 Å². The number of nitrogen functional groups attached to an aromatic ring is 1. The molecule has 0 amide bonds. The van der Waals surface area contributed by atoms with Crippen molar-refractivity contribution in [3.63, 3.8) is 0 Å². The van der Waals surface area contributed by atoms with Crippen LogP contribution >= 0.6 is 0 Å². The van der Waals surface area contributed by atoms with Gasteiger partial charge in [0.05, 0.1) is 0 Å². The standard InChI is InChI=1S/C12H12N2O/c13-9-5-3-8(4-6-9)12-7-1-2-10(14)11(12)15-12/h1-7,11H,13-14H2. The van der Waals surface area contributed by atoms with Gasteiger partial charge < -0.3 is 16.2 Å². The minimum Gasteiger partial charge on any atom is -0.400 e. The molecule has 0 bridgehead atoms. The molecule has 1 aromatic carbocycles. The van der Waals surface area contributed by atoms with Crippen molar-refractivity contribution in [3.05, 3.63) is 53.8 Å². The van der Waals surface area contributed by atoms with Crippen molar-refractivity contribution in [2.45, 2.75) is 11.7 Å². The SMILES string of the molecule is NC1=CC=CC2(c3ccc(N)cc3)OC12. The molecule has 1 saturated heterocycles. The largest absolute Gasteiger partial charge is 0.400 e. The first kappa shape index (κ1) is 8.56. The lowest BCUT2D eigenvalue weighted by atomic mass is 9.90. The van der Waals surface area contributed by atoms with Crippen molar-refractivity contribution in [1.82, 2.24) is 0 Å².